The predicted octanol–water partition coefficient (Wildman–Crippen LogP) is 6.41. The average Bonchev–Trinajstić information content (AvgIpc) is 3.47. The van der Waals surface area contributed by atoms with Crippen molar-refractivity contribution >= 4 is 27.4 Å². The zero-order valence-corrected chi connectivity index (χ0v) is 19.0. The molecule has 3 heterocycles. The standard InChI is InChI=1S/C26H25N5S/c1-17-5-9-20(10-6-17)21-11-7-19(8-12-21)4-3-13-27-23-22-16-18(2)32-26(22)31-25(30-23)24-28-14-15-29-24/h5-12,14-16H,3-4,13H2,1-2H3,(H,28,29)(H,27,30,31). The molecule has 5 nitrogen and oxygen atoms in total. The van der Waals surface area contributed by atoms with Crippen molar-refractivity contribution in [3.63, 3.8) is 0 Å². The molecule has 6 heteroatoms. The highest BCUT2D eigenvalue weighted by atomic mass is 32.1. The van der Waals surface area contributed by atoms with Crippen LogP contribution in [0.25, 0.3) is 33.0 Å². The highest BCUT2D eigenvalue weighted by Crippen LogP contribution is 2.30. The van der Waals surface area contributed by atoms with Crippen LogP contribution in [0.4, 0.5) is 5.82 Å². The summed E-state index contributed by atoms with van der Waals surface area (Å²) >= 11 is 1.68. The fraction of sp³-hybridized carbons (Fsp3) is 0.192. The van der Waals surface area contributed by atoms with Gasteiger partial charge in [-0.1, -0.05) is 54.1 Å². The van der Waals surface area contributed by atoms with Gasteiger partial charge in [0.2, 0.25) is 0 Å². The van der Waals surface area contributed by atoms with E-state index in [-0.39, 0.29) is 0 Å². The molecule has 160 valence electrons. The third-order valence-electron chi connectivity index (χ3n) is 5.50. The number of anilines is 1. The SMILES string of the molecule is Cc1ccc(-c2ccc(CCCNc3nc(-c4ncc[nH]4)nc4sc(C)cc34)cc2)cc1. The Kier molecular flexibility index (Phi) is 5.69. The van der Waals surface area contributed by atoms with Gasteiger partial charge in [0.25, 0.3) is 0 Å². The number of H-pyrrole nitrogens is 1. The largest absolute Gasteiger partial charge is 0.369 e. The molecule has 0 saturated carbocycles. The van der Waals surface area contributed by atoms with Gasteiger partial charge in [-0.15, -0.1) is 11.3 Å². The maximum atomic E-state index is 4.74. The highest BCUT2D eigenvalue weighted by molar-refractivity contribution is 7.18. The summed E-state index contributed by atoms with van der Waals surface area (Å²) in [5, 5.41) is 4.60. The molecule has 2 aromatic carbocycles. The van der Waals surface area contributed by atoms with Gasteiger partial charge in [0.15, 0.2) is 11.6 Å². The number of thiophene rings is 1. The maximum Gasteiger partial charge on any atom is 0.199 e. The minimum atomic E-state index is 0.624. The number of hydrogen-bond acceptors (Lipinski definition) is 5. The van der Waals surface area contributed by atoms with Crippen LogP contribution in [0.5, 0.6) is 0 Å². The summed E-state index contributed by atoms with van der Waals surface area (Å²) in [6.45, 7) is 5.06. The third kappa shape index (κ3) is 4.41. The first kappa shape index (κ1) is 20.4. The summed E-state index contributed by atoms with van der Waals surface area (Å²) in [7, 11) is 0. The number of benzene rings is 2. The van der Waals surface area contributed by atoms with Crippen LogP contribution in [0.2, 0.25) is 0 Å². The highest BCUT2D eigenvalue weighted by Gasteiger charge is 2.13. The van der Waals surface area contributed by atoms with Crippen LogP contribution in [0, 0.1) is 13.8 Å². The van der Waals surface area contributed by atoms with E-state index in [1.54, 1.807) is 23.7 Å². The van der Waals surface area contributed by atoms with Gasteiger partial charge in [-0.25, -0.2) is 15.0 Å². The number of rotatable bonds is 7. The summed E-state index contributed by atoms with van der Waals surface area (Å²) < 4.78 is 0. The van der Waals surface area contributed by atoms with E-state index >= 15 is 0 Å². The van der Waals surface area contributed by atoms with E-state index in [1.165, 1.54) is 27.1 Å². The number of nitrogens with one attached hydrogen (secondary N) is 2. The normalized spacial score (nSPS) is 11.2. The molecule has 2 N–H and O–H groups in total. The quantitative estimate of drug-likeness (QED) is 0.288. The predicted molar refractivity (Wildman–Crippen MR) is 133 cm³/mol. The van der Waals surface area contributed by atoms with Crippen LogP contribution in [-0.2, 0) is 6.42 Å². The van der Waals surface area contributed by atoms with Crippen molar-refractivity contribution in [3.8, 4) is 22.8 Å². The van der Waals surface area contributed by atoms with Gasteiger partial charge in [0, 0.05) is 23.8 Å². The molecule has 0 spiro atoms. The molecular formula is C26H25N5S. The molecule has 3 aromatic heterocycles. The lowest BCUT2D eigenvalue weighted by molar-refractivity contribution is 0.860. The molecule has 0 saturated heterocycles. The molecule has 32 heavy (non-hydrogen) atoms. The summed E-state index contributed by atoms with van der Waals surface area (Å²) in [5.74, 6) is 2.19. The molecule has 0 atom stereocenters. The average molecular weight is 440 g/mol. The fourth-order valence-electron chi connectivity index (χ4n) is 3.78. The van der Waals surface area contributed by atoms with Crippen LogP contribution in [-0.4, -0.2) is 26.5 Å². The molecular weight excluding hydrogens is 414 g/mol. The first-order valence-electron chi connectivity index (χ1n) is 10.8. The maximum absolute atomic E-state index is 4.74. The van der Waals surface area contributed by atoms with Crippen LogP contribution < -0.4 is 5.32 Å². The van der Waals surface area contributed by atoms with Crippen molar-refractivity contribution in [3.05, 3.63) is 83.0 Å². The Morgan fingerprint density at radius 3 is 2.41 bits per heavy atom. The van der Waals surface area contributed by atoms with Crippen molar-refractivity contribution in [1.29, 1.82) is 0 Å². The Morgan fingerprint density at radius 1 is 0.938 bits per heavy atom. The number of aromatic nitrogens is 4. The zero-order chi connectivity index (χ0) is 21.9. The molecule has 0 amide bonds. The van der Waals surface area contributed by atoms with E-state index < -0.39 is 0 Å². The van der Waals surface area contributed by atoms with Crippen molar-refractivity contribution in [1.82, 2.24) is 19.9 Å². The Bertz CT molecular complexity index is 1320. The Balaban J connectivity index is 1.24. The van der Waals surface area contributed by atoms with E-state index in [0.717, 1.165) is 35.4 Å². The second kappa shape index (κ2) is 8.93. The van der Waals surface area contributed by atoms with E-state index in [1.807, 2.05) is 0 Å². The number of aromatic amines is 1. The van der Waals surface area contributed by atoms with Gasteiger partial charge >= 0.3 is 0 Å². The molecule has 0 aliphatic heterocycles. The second-order valence-corrected chi connectivity index (χ2v) is 9.24. The van der Waals surface area contributed by atoms with Gasteiger partial charge in [-0.05, 0) is 49.4 Å². The first-order chi connectivity index (χ1) is 15.7. The van der Waals surface area contributed by atoms with Crippen molar-refractivity contribution in [2.24, 2.45) is 0 Å². The summed E-state index contributed by atoms with van der Waals surface area (Å²) in [6.07, 6.45) is 5.55. The van der Waals surface area contributed by atoms with Crippen LogP contribution in [0.1, 0.15) is 22.4 Å². The lowest BCUT2D eigenvalue weighted by atomic mass is 10.0. The van der Waals surface area contributed by atoms with Crippen LogP contribution in [0.15, 0.2) is 67.0 Å². The smallest absolute Gasteiger partial charge is 0.199 e. The van der Waals surface area contributed by atoms with Crippen molar-refractivity contribution in [2.75, 3.05) is 11.9 Å². The van der Waals surface area contributed by atoms with Gasteiger partial charge in [0.1, 0.15) is 10.6 Å². The van der Waals surface area contributed by atoms with Gasteiger partial charge < -0.3 is 10.3 Å². The number of fused-ring (bicyclic) bond motifs is 1. The third-order valence-corrected chi connectivity index (χ3v) is 6.44. The Hall–Kier alpha value is -3.51. The zero-order valence-electron chi connectivity index (χ0n) is 18.2. The van der Waals surface area contributed by atoms with E-state index in [4.69, 9.17) is 4.98 Å². The fourth-order valence-corrected chi connectivity index (χ4v) is 4.66. The van der Waals surface area contributed by atoms with E-state index in [9.17, 15) is 0 Å². The molecule has 0 aliphatic rings. The summed E-state index contributed by atoms with van der Waals surface area (Å²) in [4.78, 5) is 19.0. The Labute approximate surface area is 191 Å². The topological polar surface area (TPSA) is 66.5 Å². The number of imidazole rings is 1. The number of aryl methyl sites for hydroxylation is 3. The van der Waals surface area contributed by atoms with Crippen LogP contribution >= 0.6 is 11.3 Å². The van der Waals surface area contributed by atoms with Gasteiger partial charge in [-0.3, -0.25) is 0 Å². The van der Waals surface area contributed by atoms with Gasteiger partial charge in [0.05, 0.1) is 5.39 Å². The van der Waals surface area contributed by atoms with E-state index in [2.05, 4.69) is 88.7 Å². The number of nitrogens with zero attached hydrogens (tertiary/aromatic N) is 3. The molecule has 0 fully saturated rings. The minimum absolute atomic E-state index is 0.624. The van der Waals surface area contributed by atoms with E-state index in [0.29, 0.717) is 11.6 Å². The van der Waals surface area contributed by atoms with Crippen LogP contribution in [0.3, 0.4) is 0 Å². The Morgan fingerprint density at radius 2 is 1.69 bits per heavy atom. The molecule has 5 rings (SSSR count). The molecule has 0 unspecified atom stereocenters. The lowest BCUT2D eigenvalue weighted by Crippen LogP contribution is -2.06. The second-order valence-electron chi connectivity index (χ2n) is 8.00. The number of hydrogen-bond donors (Lipinski definition) is 2. The van der Waals surface area contributed by atoms with Crippen molar-refractivity contribution in [2.45, 2.75) is 26.7 Å². The molecule has 0 aliphatic carbocycles. The summed E-state index contributed by atoms with van der Waals surface area (Å²) in [5.41, 5.74) is 5.15. The monoisotopic (exact) mass is 439 g/mol. The van der Waals surface area contributed by atoms with Crippen molar-refractivity contribution < 1.29 is 0 Å². The lowest BCUT2D eigenvalue weighted by Gasteiger charge is -2.09. The molecule has 5 aromatic rings. The molecule has 0 radical (unpaired) electrons. The van der Waals surface area contributed by atoms with Gasteiger partial charge in [-0.2, -0.15) is 0 Å². The minimum Gasteiger partial charge on any atom is -0.369 e. The summed E-state index contributed by atoms with van der Waals surface area (Å²) in [6, 6.07) is 19.7. The first-order valence-corrected chi connectivity index (χ1v) is 11.7. The molecule has 0 bridgehead atoms.